The van der Waals surface area contributed by atoms with Crippen molar-refractivity contribution in [2.24, 2.45) is 0 Å². The van der Waals surface area contributed by atoms with E-state index in [0.717, 1.165) is 43.0 Å². The van der Waals surface area contributed by atoms with Crippen molar-refractivity contribution in [1.82, 2.24) is 30.0 Å². The number of alkyl halides is 3. The Balaban J connectivity index is 1.42. The highest BCUT2D eigenvalue weighted by molar-refractivity contribution is 7.14. The van der Waals surface area contributed by atoms with Gasteiger partial charge in [-0.2, -0.15) is 13.2 Å². The van der Waals surface area contributed by atoms with E-state index in [1.165, 1.54) is 10.8 Å². The number of aromatic nitrogens is 4. The van der Waals surface area contributed by atoms with E-state index in [0.29, 0.717) is 26.6 Å². The summed E-state index contributed by atoms with van der Waals surface area (Å²) in [6, 6.07) is 12.4. The highest BCUT2D eigenvalue weighted by atomic mass is 32.1. The Hall–Kier alpha value is -3.51. The van der Waals surface area contributed by atoms with Crippen LogP contribution in [0.4, 0.5) is 18.9 Å². The fraction of sp³-hybridized carbons (Fsp3) is 0.360. The Kier molecular flexibility index (Phi) is 7.11. The van der Waals surface area contributed by atoms with E-state index >= 15 is 0 Å². The molecule has 0 radical (unpaired) electrons. The SMILES string of the molecule is CN1CCC(Nc2cccc3c2cc(-c2nnc(CNC(=O)c4ccccn4)s2)n3CC(F)(F)F)CC1. The molecule has 0 unspecified atom stereocenters. The van der Waals surface area contributed by atoms with Crippen LogP contribution in [0.1, 0.15) is 28.3 Å². The summed E-state index contributed by atoms with van der Waals surface area (Å²) in [7, 11) is 2.08. The van der Waals surface area contributed by atoms with Crippen LogP contribution in [0.3, 0.4) is 0 Å². The van der Waals surface area contributed by atoms with Crippen molar-refractivity contribution >= 4 is 33.8 Å². The third kappa shape index (κ3) is 5.91. The number of likely N-dealkylation sites (tertiary alicyclic amines) is 1. The molecule has 4 aromatic rings. The van der Waals surface area contributed by atoms with Gasteiger partial charge in [0.05, 0.1) is 17.8 Å². The molecule has 8 nitrogen and oxygen atoms in total. The van der Waals surface area contributed by atoms with Gasteiger partial charge in [0.2, 0.25) is 0 Å². The molecule has 1 aliphatic heterocycles. The van der Waals surface area contributed by atoms with Gasteiger partial charge in [0.1, 0.15) is 17.2 Å². The zero-order valence-corrected chi connectivity index (χ0v) is 20.9. The van der Waals surface area contributed by atoms with Gasteiger partial charge in [0, 0.05) is 23.3 Å². The predicted octanol–water partition coefficient (Wildman–Crippen LogP) is 4.55. The molecule has 12 heteroatoms. The lowest BCUT2D eigenvalue weighted by molar-refractivity contribution is -0.139. The van der Waals surface area contributed by atoms with Gasteiger partial charge in [0.25, 0.3) is 5.91 Å². The van der Waals surface area contributed by atoms with Crippen LogP contribution in [-0.4, -0.2) is 62.9 Å². The van der Waals surface area contributed by atoms with Crippen LogP contribution < -0.4 is 10.6 Å². The van der Waals surface area contributed by atoms with Gasteiger partial charge >= 0.3 is 6.18 Å². The van der Waals surface area contributed by atoms with Crippen molar-refractivity contribution in [2.75, 3.05) is 25.5 Å². The molecule has 0 aliphatic carbocycles. The lowest BCUT2D eigenvalue weighted by Crippen LogP contribution is -2.36. The minimum atomic E-state index is -4.41. The quantitative estimate of drug-likeness (QED) is 0.365. The molecule has 1 amide bonds. The summed E-state index contributed by atoms with van der Waals surface area (Å²) in [4.78, 5) is 18.6. The first-order valence-corrected chi connectivity index (χ1v) is 12.7. The summed E-state index contributed by atoms with van der Waals surface area (Å²) >= 11 is 1.15. The number of rotatable bonds is 7. The third-order valence-corrected chi connectivity index (χ3v) is 7.29. The maximum absolute atomic E-state index is 13.6. The number of hydrogen-bond donors (Lipinski definition) is 2. The summed E-state index contributed by atoms with van der Waals surface area (Å²) in [5.41, 5.74) is 1.89. The Bertz CT molecular complexity index is 1380. The summed E-state index contributed by atoms with van der Waals surface area (Å²) in [6.07, 6.45) is -0.963. The molecule has 1 saturated heterocycles. The number of carbonyl (C=O) groups is 1. The Morgan fingerprint density at radius 3 is 2.68 bits per heavy atom. The van der Waals surface area contributed by atoms with Crippen molar-refractivity contribution in [3.63, 3.8) is 0 Å². The summed E-state index contributed by atoms with van der Waals surface area (Å²) in [5, 5.41) is 16.1. The average molecular weight is 530 g/mol. The van der Waals surface area contributed by atoms with Crippen molar-refractivity contribution < 1.29 is 18.0 Å². The lowest BCUT2D eigenvalue weighted by atomic mass is 10.0. The van der Waals surface area contributed by atoms with Crippen LogP contribution >= 0.6 is 11.3 Å². The minimum Gasteiger partial charge on any atom is -0.382 e. The first-order valence-electron chi connectivity index (χ1n) is 11.9. The lowest BCUT2D eigenvalue weighted by Gasteiger charge is -2.30. The van der Waals surface area contributed by atoms with E-state index in [2.05, 4.69) is 37.8 Å². The fourth-order valence-electron chi connectivity index (χ4n) is 4.48. The maximum atomic E-state index is 13.6. The number of halogens is 3. The number of piperidine rings is 1. The molecule has 4 heterocycles. The Morgan fingerprint density at radius 1 is 1.14 bits per heavy atom. The van der Waals surface area contributed by atoms with Crippen molar-refractivity contribution in [3.05, 3.63) is 59.4 Å². The molecule has 0 spiro atoms. The van der Waals surface area contributed by atoms with Gasteiger partial charge < -0.3 is 20.1 Å². The molecular formula is C25H26F3N7OS. The van der Waals surface area contributed by atoms with Gasteiger partial charge in [-0.15, -0.1) is 10.2 Å². The number of hydrogen-bond acceptors (Lipinski definition) is 7. The molecule has 2 N–H and O–H groups in total. The van der Waals surface area contributed by atoms with Gasteiger partial charge in [-0.1, -0.05) is 23.5 Å². The van der Waals surface area contributed by atoms with E-state index in [9.17, 15) is 18.0 Å². The number of amides is 1. The highest BCUT2D eigenvalue weighted by Gasteiger charge is 2.31. The average Bonchev–Trinajstić information content (AvgIpc) is 3.49. The summed E-state index contributed by atoms with van der Waals surface area (Å²) in [5.74, 6) is -0.367. The van der Waals surface area contributed by atoms with Crippen molar-refractivity contribution in [3.8, 4) is 10.7 Å². The molecule has 0 saturated carbocycles. The molecule has 0 atom stereocenters. The first-order chi connectivity index (χ1) is 17.8. The first kappa shape index (κ1) is 25.2. The zero-order chi connectivity index (χ0) is 26.0. The van der Waals surface area contributed by atoms with Gasteiger partial charge in [0.15, 0.2) is 5.01 Å². The standard InChI is InChI=1S/C25H26F3N7OS/c1-34-11-8-16(9-12-34)31-18-6-4-7-20-17(18)13-21(35(20)15-25(26,27)28)24-33-32-22(37-24)14-30-23(36)19-5-2-3-10-29-19/h2-7,10,13,16,31H,8-9,11-12,14-15H2,1H3,(H,30,36). The second kappa shape index (κ2) is 10.5. The number of carbonyl (C=O) groups excluding carboxylic acids is 1. The van der Waals surface area contributed by atoms with E-state index in [4.69, 9.17) is 0 Å². The second-order valence-electron chi connectivity index (χ2n) is 9.09. The molecule has 0 bridgehead atoms. The number of pyridine rings is 1. The second-order valence-corrected chi connectivity index (χ2v) is 10.2. The van der Waals surface area contributed by atoms with Crippen LogP contribution in [-0.2, 0) is 13.1 Å². The van der Waals surface area contributed by atoms with Gasteiger partial charge in [-0.3, -0.25) is 9.78 Å². The molecule has 5 rings (SSSR count). The number of fused-ring (bicyclic) bond motifs is 1. The number of nitrogens with one attached hydrogen (secondary N) is 2. The van der Waals surface area contributed by atoms with Crippen LogP contribution in [0.2, 0.25) is 0 Å². The molecule has 3 aromatic heterocycles. The summed E-state index contributed by atoms with van der Waals surface area (Å²) in [6.45, 7) is 0.890. The predicted molar refractivity (Wildman–Crippen MR) is 136 cm³/mol. The van der Waals surface area contributed by atoms with Crippen LogP contribution in [0, 0.1) is 0 Å². The highest BCUT2D eigenvalue weighted by Crippen LogP contribution is 2.36. The fourth-order valence-corrected chi connectivity index (χ4v) is 5.29. The van der Waals surface area contributed by atoms with Crippen LogP contribution in [0.5, 0.6) is 0 Å². The maximum Gasteiger partial charge on any atom is 0.406 e. The van der Waals surface area contributed by atoms with E-state index in [1.807, 2.05) is 6.07 Å². The van der Waals surface area contributed by atoms with Crippen molar-refractivity contribution in [1.29, 1.82) is 0 Å². The van der Waals surface area contributed by atoms with E-state index in [1.54, 1.807) is 36.4 Å². The van der Waals surface area contributed by atoms with Gasteiger partial charge in [-0.05, 0) is 63.3 Å². The molecule has 194 valence electrons. The zero-order valence-electron chi connectivity index (χ0n) is 20.1. The van der Waals surface area contributed by atoms with Crippen molar-refractivity contribution in [2.45, 2.75) is 38.1 Å². The van der Waals surface area contributed by atoms with Gasteiger partial charge in [-0.25, -0.2) is 0 Å². The minimum absolute atomic E-state index is 0.0928. The number of benzene rings is 1. The van der Waals surface area contributed by atoms with Crippen LogP contribution in [0.15, 0.2) is 48.7 Å². The van der Waals surface area contributed by atoms with Crippen LogP contribution in [0.25, 0.3) is 21.6 Å². The number of anilines is 1. The Morgan fingerprint density at radius 2 is 1.95 bits per heavy atom. The van der Waals surface area contributed by atoms with E-state index in [-0.39, 0.29) is 24.2 Å². The topological polar surface area (TPSA) is 88.0 Å². The molecular weight excluding hydrogens is 503 g/mol. The monoisotopic (exact) mass is 529 g/mol. The Labute approximate surface area is 215 Å². The largest absolute Gasteiger partial charge is 0.406 e. The molecule has 1 fully saturated rings. The smallest absolute Gasteiger partial charge is 0.382 e. The third-order valence-electron chi connectivity index (χ3n) is 6.35. The normalized spacial score (nSPS) is 15.2. The molecule has 1 aromatic carbocycles. The molecule has 37 heavy (non-hydrogen) atoms. The summed E-state index contributed by atoms with van der Waals surface area (Å²) < 4.78 is 42.0. The molecule has 1 aliphatic rings. The van der Waals surface area contributed by atoms with E-state index < -0.39 is 12.7 Å². The number of nitrogens with zero attached hydrogens (tertiary/aromatic N) is 5.